The number of carbonyl (C=O) groups is 2. The molecule has 0 aliphatic carbocycles. The summed E-state index contributed by atoms with van der Waals surface area (Å²) in [7, 11) is 0. The lowest BCUT2D eigenvalue weighted by Crippen LogP contribution is -2.55. The number of ether oxygens (including phenoxy) is 1. The fourth-order valence-electron chi connectivity index (χ4n) is 1.25. The zero-order valence-corrected chi connectivity index (χ0v) is 8.66. The molecule has 86 valence electrons. The van der Waals surface area contributed by atoms with Crippen molar-refractivity contribution in [3.63, 3.8) is 0 Å². The molecule has 1 fully saturated rings. The molecule has 1 heterocycles. The number of amides is 3. The number of carbonyl (C=O) groups excluding carboxylic acids is 2. The summed E-state index contributed by atoms with van der Waals surface area (Å²) in [6.45, 7) is 4.37. The van der Waals surface area contributed by atoms with Crippen molar-refractivity contribution in [1.29, 1.82) is 0 Å². The molecule has 0 aromatic rings. The first-order valence-corrected chi connectivity index (χ1v) is 4.79. The minimum absolute atomic E-state index is 0.436. The van der Waals surface area contributed by atoms with Crippen molar-refractivity contribution in [2.24, 2.45) is 5.73 Å². The van der Waals surface area contributed by atoms with Gasteiger partial charge in [0.25, 0.3) is 0 Å². The van der Waals surface area contributed by atoms with E-state index in [4.69, 9.17) is 10.5 Å². The summed E-state index contributed by atoms with van der Waals surface area (Å²) in [6.07, 6.45) is 0. The first kappa shape index (κ1) is 11.9. The maximum atomic E-state index is 11.3. The highest BCUT2D eigenvalue weighted by molar-refractivity contribution is 5.96. The molecule has 0 saturated carbocycles. The van der Waals surface area contributed by atoms with Crippen molar-refractivity contribution in [2.45, 2.75) is 13.0 Å². The lowest BCUT2D eigenvalue weighted by Gasteiger charge is -2.29. The van der Waals surface area contributed by atoms with Crippen LogP contribution in [0.1, 0.15) is 6.92 Å². The van der Waals surface area contributed by atoms with Crippen LogP contribution in [0.5, 0.6) is 0 Å². The third-order valence-corrected chi connectivity index (χ3v) is 2.03. The Kier molecular flexibility index (Phi) is 4.47. The molecule has 0 spiro atoms. The summed E-state index contributed by atoms with van der Waals surface area (Å²) in [6, 6.07) is -1.33. The van der Waals surface area contributed by atoms with Crippen LogP contribution in [-0.2, 0) is 9.53 Å². The van der Waals surface area contributed by atoms with Gasteiger partial charge in [-0.15, -0.1) is 0 Å². The molecule has 0 aromatic carbocycles. The summed E-state index contributed by atoms with van der Waals surface area (Å²) in [5.74, 6) is -0.436. The quantitative estimate of drug-likeness (QED) is 0.528. The minimum Gasteiger partial charge on any atom is -0.379 e. The van der Waals surface area contributed by atoms with Crippen LogP contribution < -0.4 is 16.5 Å². The maximum Gasteiger partial charge on any atom is 0.318 e. The number of primary amides is 1. The van der Waals surface area contributed by atoms with Gasteiger partial charge in [-0.25, -0.2) is 15.2 Å². The SMILES string of the molecule is CC(NN1CCOCC1)C(=O)NC(N)=O. The van der Waals surface area contributed by atoms with Gasteiger partial charge in [-0.1, -0.05) is 0 Å². The number of nitrogens with zero attached hydrogens (tertiary/aromatic N) is 1. The molecule has 0 aromatic heterocycles. The van der Waals surface area contributed by atoms with Crippen molar-refractivity contribution in [2.75, 3.05) is 26.3 Å². The molecule has 4 N–H and O–H groups in total. The molecule has 7 heteroatoms. The molecule has 0 bridgehead atoms. The Morgan fingerprint density at radius 3 is 2.53 bits per heavy atom. The number of morpholine rings is 1. The van der Waals surface area contributed by atoms with Gasteiger partial charge in [0.15, 0.2) is 0 Å². The number of imide groups is 1. The molecule has 1 aliphatic heterocycles. The summed E-state index contributed by atoms with van der Waals surface area (Å²) in [5, 5.41) is 3.90. The van der Waals surface area contributed by atoms with Gasteiger partial charge in [0.2, 0.25) is 5.91 Å². The molecule has 1 aliphatic rings. The van der Waals surface area contributed by atoms with Crippen molar-refractivity contribution >= 4 is 11.9 Å². The fourth-order valence-corrected chi connectivity index (χ4v) is 1.25. The van der Waals surface area contributed by atoms with Crippen LogP contribution in [-0.4, -0.2) is 49.3 Å². The van der Waals surface area contributed by atoms with Crippen LogP contribution in [0.25, 0.3) is 0 Å². The number of hydrogen-bond donors (Lipinski definition) is 3. The topological polar surface area (TPSA) is 96.7 Å². The van der Waals surface area contributed by atoms with Gasteiger partial charge >= 0.3 is 6.03 Å². The van der Waals surface area contributed by atoms with Crippen LogP contribution >= 0.6 is 0 Å². The summed E-state index contributed by atoms with van der Waals surface area (Å²) < 4.78 is 5.15. The largest absolute Gasteiger partial charge is 0.379 e. The predicted octanol–water partition coefficient (Wildman–Crippen LogP) is -1.59. The summed E-state index contributed by atoms with van der Waals surface area (Å²) in [5.41, 5.74) is 7.79. The van der Waals surface area contributed by atoms with E-state index in [0.717, 1.165) is 0 Å². The van der Waals surface area contributed by atoms with Crippen LogP contribution in [0.3, 0.4) is 0 Å². The predicted molar refractivity (Wildman–Crippen MR) is 52.7 cm³/mol. The van der Waals surface area contributed by atoms with Gasteiger partial charge in [-0.3, -0.25) is 10.1 Å². The van der Waals surface area contributed by atoms with Gasteiger partial charge in [-0.05, 0) is 6.92 Å². The van der Waals surface area contributed by atoms with Gasteiger partial charge in [0.05, 0.1) is 19.3 Å². The number of hydrazine groups is 1. The minimum atomic E-state index is -0.837. The molecule has 0 radical (unpaired) electrons. The first-order chi connectivity index (χ1) is 7.09. The highest BCUT2D eigenvalue weighted by Gasteiger charge is 2.18. The number of nitrogens with two attached hydrogens (primary N) is 1. The van der Waals surface area contributed by atoms with E-state index in [9.17, 15) is 9.59 Å². The lowest BCUT2D eigenvalue weighted by molar-refractivity contribution is -0.123. The monoisotopic (exact) mass is 216 g/mol. The third-order valence-electron chi connectivity index (χ3n) is 2.03. The second-order valence-corrected chi connectivity index (χ2v) is 3.30. The number of hydrogen-bond acceptors (Lipinski definition) is 5. The molecule has 1 atom stereocenters. The average molecular weight is 216 g/mol. The van der Waals surface area contributed by atoms with Crippen molar-refractivity contribution in [3.8, 4) is 0 Å². The molecule has 7 nitrogen and oxygen atoms in total. The Bertz CT molecular complexity index is 240. The van der Waals surface area contributed by atoms with Crippen molar-refractivity contribution < 1.29 is 14.3 Å². The van der Waals surface area contributed by atoms with Crippen LogP contribution in [0.2, 0.25) is 0 Å². The highest BCUT2D eigenvalue weighted by Crippen LogP contribution is 1.94. The van der Waals surface area contributed by atoms with E-state index >= 15 is 0 Å². The van der Waals surface area contributed by atoms with Gasteiger partial charge in [-0.2, -0.15) is 0 Å². The molecule has 1 saturated heterocycles. The van der Waals surface area contributed by atoms with Crippen molar-refractivity contribution in [3.05, 3.63) is 0 Å². The Morgan fingerprint density at radius 1 is 1.40 bits per heavy atom. The highest BCUT2D eigenvalue weighted by atomic mass is 16.5. The number of rotatable bonds is 3. The normalized spacial score (nSPS) is 19.5. The molecular weight excluding hydrogens is 200 g/mol. The molecule has 15 heavy (non-hydrogen) atoms. The molecule has 3 amide bonds. The van der Waals surface area contributed by atoms with Crippen LogP contribution in [0.4, 0.5) is 4.79 Å². The van der Waals surface area contributed by atoms with E-state index in [0.29, 0.717) is 26.3 Å². The van der Waals surface area contributed by atoms with E-state index in [-0.39, 0.29) is 0 Å². The fraction of sp³-hybridized carbons (Fsp3) is 0.750. The standard InChI is InChI=1S/C8H16N4O3/c1-6(7(13)10-8(9)14)11-12-2-4-15-5-3-12/h6,11H,2-5H2,1H3,(H3,9,10,13,14). The Balaban J connectivity index is 2.29. The zero-order chi connectivity index (χ0) is 11.3. The number of nitrogens with one attached hydrogen (secondary N) is 2. The summed E-state index contributed by atoms with van der Waals surface area (Å²) in [4.78, 5) is 21.7. The molecular formula is C8H16N4O3. The number of urea groups is 1. The Morgan fingerprint density at radius 2 is 2.00 bits per heavy atom. The Hall–Kier alpha value is -1.18. The molecule has 1 rings (SSSR count). The first-order valence-electron chi connectivity index (χ1n) is 4.79. The van der Waals surface area contributed by atoms with E-state index in [1.807, 2.05) is 10.3 Å². The smallest absolute Gasteiger partial charge is 0.318 e. The van der Waals surface area contributed by atoms with Gasteiger partial charge in [0.1, 0.15) is 0 Å². The third kappa shape index (κ3) is 4.24. The second-order valence-electron chi connectivity index (χ2n) is 3.30. The maximum absolute atomic E-state index is 11.3. The Labute approximate surface area is 87.9 Å². The van der Waals surface area contributed by atoms with E-state index in [1.165, 1.54) is 0 Å². The van der Waals surface area contributed by atoms with Crippen LogP contribution in [0, 0.1) is 0 Å². The van der Waals surface area contributed by atoms with E-state index in [2.05, 4.69) is 5.43 Å². The van der Waals surface area contributed by atoms with Gasteiger partial charge in [0, 0.05) is 13.1 Å². The van der Waals surface area contributed by atoms with Crippen molar-refractivity contribution in [1.82, 2.24) is 15.8 Å². The molecule has 1 unspecified atom stereocenters. The lowest BCUT2D eigenvalue weighted by atomic mass is 10.3. The van der Waals surface area contributed by atoms with Crippen LogP contribution in [0.15, 0.2) is 0 Å². The van der Waals surface area contributed by atoms with E-state index in [1.54, 1.807) is 6.92 Å². The van der Waals surface area contributed by atoms with E-state index < -0.39 is 18.0 Å². The summed E-state index contributed by atoms with van der Waals surface area (Å²) >= 11 is 0. The van der Waals surface area contributed by atoms with Gasteiger partial charge < -0.3 is 10.5 Å². The zero-order valence-electron chi connectivity index (χ0n) is 8.66. The average Bonchev–Trinajstić information content (AvgIpc) is 2.18. The second kappa shape index (κ2) is 5.64.